The van der Waals surface area contributed by atoms with Gasteiger partial charge in [-0.2, -0.15) is 5.10 Å². The first-order chi connectivity index (χ1) is 8.17. The number of hydrogen-bond donors (Lipinski definition) is 1. The van der Waals surface area contributed by atoms with E-state index in [-0.39, 0.29) is 6.04 Å². The molecule has 17 heavy (non-hydrogen) atoms. The standard InChI is InChI=1S/C12H16BrN3S/c1-4-16-10(7-8(2)15-16)11(14-3)12-9(13)5-6-17-12/h5-7,11,14H,4H2,1-3H3. The van der Waals surface area contributed by atoms with Crippen molar-refractivity contribution in [2.24, 2.45) is 0 Å². The number of thiophene rings is 1. The molecular formula is C12H16BrN3S. The molecule has 2 aromatic heterocycles. The molecular weight excluding hydrogens is 298 g/mol. The lowest BCUT2D eigenvalue weighted by molar-refractivity contribution is 0.565. The van der Waals surface area contributed by atoms with Crippen LogP contribution in [0, 0.1) is 6.92 Å². The number of aromatic nitrogens is 2. The van der Waals surface area contributed by atoms with Crippen LogP contribution in [-0.2, 0) is 6.54 Å². The van der Waals surface area contributed by atoms with E-state index < -0.39 is 0 Å². The molecule has 0 radical (unpaired) electrons. The minimum absolute atomic E-state index is 0.200. The Morgan fingerprint density at radius 3 is 2.88 bits per heavy atom. The summed E-state index contributed by atoms with van der Waals surface area (Å²) >= 11 is 5.35. The SMILES string of the molecule is CCn1nc(C)cc1C(NC)c1sccc1Br. The molecule has 0 aliphatic rings. The van der Waals surface area contributed by atoms with E-state index in [1.165, 1.54) is 10.6 Å². The average Bonchev–Trinajstić information content (AvgIpc) is 2.88. The zero-order valence-corrected chi connectivity index (χ0v) is 12.6. The normalized spacial score (nSPS) is 12.9. The van der Waals surface area contributed by atoms with Crippen LogP contribution in [0.15, 0.2) is 22.0 Å². The van der Waals surface area contributed by atoms with Gasteiger partial charge in [0.15, 0.2) is 0 Å². The van der Waals surface area contributed by atoms with E-state index >= 15 is 0 Å². The molecule has 0 aliphatic carbocycles. The lowest BCUT2D eigenvalue weighted by atomic mass is 10.1. The first kappa shape index (κ1) is 12.8. The third kappa shape index (κ3) is 2.46. The summed E-state index contributed by atoms with van der Waals surface area (Å²) in [6.07, 6.45) is 0. The Labute approximate surface area is 114 Å². The molecule has 2 heterocycles. The Morgan fingerprint density at radius 2 is 2.35 bits per heavy atom. The molecule has 5 heteroatoms. The second-order valence-electron chi connectivity index (χ2n) is 3.88. The maximum absolute atomic E-state index is 4.50. The molecule has 0 spiro atoms. The van der Waals surface area contributed by atoms with E-state index in [1.807, 2.05) is 14.0 Å². The van der Waals surface area contributed by atoms with Gasteiger partial charge in [-0.1, -0.05) is 0 Å². The highest BCUT2D eigenvalue weighted by Gasteiger charge is 2.20. The summed E-state index contributed by atoms with van der Waals surface area (Å²) in [5.41, 5.74) is 2.28. The molecule has 0 amide bonds. The van der Waals surface area contributed by atoms with Crippen molar-refractivity contribution in [1.29, 1.82) is 0 Å². The topological polar surface area (TPSA) is 29.9 Å². The number of rotatable bonds is 4. The molecule has 0 fully saturated rings. The Balaban J connectivity index is 2.45. The van der Waals surface area contributed by atoms with Crippen molar-refractivity contribution < 1.29 is 0 Å². The molecule has 92 valence electrons. The number of nitrogens with one attached hydrogen (secondary N) is 1. The van der Waals surface area contributed by atoms with Crippen molar-refractivity contribution in [3.8, 4) is 0 Å². The van der Waals surface area contributed by atoms with Gasteiger partial charge in [-0.05, 0) is 54.3 Å². The molecule has 1 unspecified atom stereocenters. The first-order valence-electron chi connectivity index (χ1n) is 5.61. The molecule has 0 aromatic carbocycles. The van der Waals surface area contributed by atoms with Crippen LogP contribution in [0.5, 0.6) is 0 Å². The van der Waals surface area contributed by atoms with Gasteiger partial charge in [-0.3, -0.25) is 4.68 Å². The Hall–Kier alpha value is -0.650. The molecule has 2 rings (SSSR count). The largest absolute Gasteiger partial charge is 0.307 e. The number of nitrogens with zero attached hydrogens (tertiary/aromatic N) is 2. The smallest absolute Gasteiger partial charge is 0.0850 e. The third-order valence-electron chi connectivity index (χ3n) is 2.72. The van der Waals surface area contributed by atoms with E-state index in [2.05, 4.69) is 55.5 Å². The summed E-state index contributed by atoms with van der Waals surface area (Å²) in [5.74, 6) is 0. The molecule has 0 bridgehead atoms. The van der Waals surface area contributed by atoms with Gasteiger partial charge in [0.2, 0.25) is 0 Å². The quantitative estimate of drug-likeness (QED) is 0.938. The van der Waals surface area contributed by atoms with Gasteiger partial charge in [0.1, 0.15) is 0 Å². The fraction of sp³-hybridized carbons (Fsp3) is 0.417. The van der Waals surface area contributed by atoms with Crippen molar-refractivity contribution >= 4 is 27.3 Å². The van der Waals surface area contributed by atoms with E-state index in [0.29, 0.717) is 0 Å². The van der Waals surface area contributed by atoms with Gasteiger partial charge >= 0.3 is 0 Å². The fourth-order valence-corrected chi connectivity index (χ4v) is 3.70. The van der Waals surface area contributed by atoms with Crippen molar-refractivity contribution in [2.45, 2.75) is 26.4 Å². The monoisotopic (exact) mass is 313 g/mol. The van der Waals surface area contributed by atoms with Crippen LogP contribution in [0.4, 0.5) is 0 Å². The van der Waals surface area contributed by atoms with Gasteiger partial charge in [0.05, 0.1) is 17.4 Å². The second kappa shape index (κ2) is 5.33. The molecule has 2 aromatic rings. The lowest BCUT2D eigenvalue weighted by Crippen LogP contribution is -2.20. The minimum atomic E-state index is 0.200. The van der Waals surface area contributed by atoms with Crippen molar-refractivity contribution in [3.05, 3.63) is 38.3 Å². The summed E-state index contributed by atoms with van der Waals surface area (Å²) < 4.78 is 3.21. The zero-order chi connectivity index (χ0) is 12.4. The van der Waals surface area contributed by atoms with Crippen molar-refractivity contribution in [3.63, 3.8) is 0 Å². The van der Waals surface area contributed by atoms with Crippen LogP contribution in [0.3, 0.4) is 0 Å². The highest BCUT2D eigenvalue weighted by atomic mass is 79.9. The summed E-state index contributed by atoms with van der Waals surface area (Å²) in [5, 5.41) is 9.97. The van der Waals surface area contributed by atoms with Crippen LogP contribution in [-0.4, -0.2) is 16.8 Å². The maximum Gasteiger partial charge on any atom is 0.0850 e. The molecule has 1 N–H and O–H groups in total. The molecule has 0 saturated carbocycles. The molecule has 0 aliphatic heterocycles. The van der Waals surface area contributed by atoms with Gasteiger partial charge in [0, 0.05) is 15.9 Å². The average molecular weight is 314 g/mol. The van der Waals surface area contributed by atoms with Crippen LogP contribution in [0.25, 0.3) is 0 Å². The van der Waals surface area contributed by atoms with Gasteiger partial charge in [0.25, 0.3) is 0 Å². The third-order valence-corrected chi connectivity index (χ3v) is 4.66. The first-order valence-corrected chi connectivity index (χ1v) is 7.29. The minimum Gasteiger partial charge on any atom is -0.307 e. The van der Waals surface area contributed by atoms with Gasteiger partial charge in [-0.25, -0.2) is 0 Å². The molecule has 1 atom stereocenters. The maximum atomic E-state index is 4.50. The summed E-state index contributed by atoms with van der Waals surface area (Å²) in [6.45, 7) is 5.04. The fourth-order valence-electron chi connectivity index (χ4n) is 1.98. The predicted molar refractivity (Wildman–Crippen MR) is 75.6 cm³/mol. The summed E-state index contributed by atoms with van der Waals surface area (Å²) in [4.78, 5) is 1.29. The lowest BCUT2D eigenvalue weighted by Gasteiger charge is -2.16. The van der Waals surface area contributed by atoms with Crippen molar-refractivity contribution in [1.82, 2.24) is 15.1 Å². The Morgan fingerprint density at radius 1 is 1.59 bits per heavy atom. The highest BCUT2D eigenvalue weighted by molar-refractivity contribution is 9.10. The predicted octanol–water partition coefficient (Wildman–Crippen LogP) is 3.34. The summed E-state index contributed by atoms with van der Waals surface area (Å²) in [7, 11) is 1.99. The Kier molecular flexibility index (Phi) is 4.01. The molecule has 3 nitrogen and oxygen atoms in total. The van der Waals surface area contributed by atoms with E-state index in [1.54, 1.807) is 11.3 Å². The Bertz CT molecular complexity index is 504. The van der Waals surface area contributed by atoms with Crippen LogP contribution >= 0.6 is 27.3 Å². The highest BCUT2D eigenvalue weighted by Crippen LogP contribution is 2.33. The molecule has 0 saturated heterocycles. The van der Waals surface area contributed by atoms with Gasteiger partial charge in [-0.15, -0.1) is 11.3 Å². The van der Waals surface area contributed by atoms with E-state index in [4.69, 9.17) is 0 Å². The van der Waals surface area contributed by atoms with Crippen LogP contribution in [0.1, 0.15) is 29.2 Å². The van der Waals surface area contributed by atoms with E-state index in [0.717, 1.165) is 16.7 Å². The number of hydrogen-bond acceptors (Lipinski definition) is 3. The van der Waals surface area contributed by atoms with Crippen molar-refractivity contribution in [2.75, 3.05) is 7.05 Å². The zero-order valence-electron chi connectivity index (χ0n) is 10.2. The number of halogens is 1. The van der Waals surface area contributed by atoms with Gasteiger partial charge < -0.3 is 5.32 Å². The van der Waals surface area contributed by atoms with Crippen LogP contribution in [0.2, 0.25) is 0 Å². The summed E-state index contributed by atoms with van der Waals surface area (Å²) in [6, 6.07) is 4.44. The second-order valence-corrected chi connectivity index (χ2v) is 5.68. The van der Waals surface area contributed by atoms with Crippen LogP contribution < -0.4 is 5.32 Å². The van der Waals surface area contributed by atoms with E-state index in [9.17, 15) is 0 Å². The number of aryl methyl sites for hydroxylation is 2.